The first kappa shape index (κ1) is 18.2. The van der Waals surface area contributed by atoms with Gasteiger partial charge >= 0.3 is 0 Å². The number of nitrogens with zero attached hydrogens (tertiary/aromatic N) is 2. The number of anilines is 3. The molecule has 1 aliphatic rings. The Labute approximate surface area is 152 Å². The predicted octanol–water partition coefficient (Wildman–Crippen LogP) is 1.46. The first-order valence-corrected chi connectivity index (χ1v) is 9.50. The summed E-state index contributed by atoms with van der Waals surface area (Å²) in [6.45, 7) is 1.16. The third-order valence-corrected chi connectivity index (χ3v) is 5.45. The van der Waals surface area contributed by atoms with Crippen LogP contribution in [0.15, 0.2) is 41.4 Å². The maximum absolute atomic E-state index is 12.6. The molecule has 1 aromatic heterocycles. The highest BCUT2D eigenvalue weighted by Crippen LogP contribution is 2.30. The number of likely N-dealkylation sites (N-methyl/N-ethyl adjacent to an activating group) is 1. The number of hydrogen-bond donors (Lipinski definition) is 2. The number of carbonyl (C=O) groups is 1. The van der Waals surface area contributed by atoms with Gasteiger partial charge in [-0.15, -0.1) is 0 Å². The fourth-order valence-electron chi connectivity index (χ4n) is 2.67. The zero-order chi connectivity index (χ0) is 18.7. The number of sulfonamides is 1. The largest absolute Gasteiger partial charge is 0.383 e. The molecule has 0 atom stereocenters. The third-order valence-electron chi connectivity index (χ3n) is 4.07. The number of hydrogen-bond acceptors (Lipinski definition) is 6. The highest BCUT2D eigenvalue weighted by atomic mass is 32.2. The van der Waals surface area contributed by atoms with Crippen LogP contribution in [0.25, 0.3) is 0 Å². The van der Waals surface area contributed by atoms with E-state index < -0.39 is 10.0 Å². The van der Waals surface area contributed by atoms with Gasteiger partial charge in [-0.05, 0) is 35.9 Å². The standard InChI is InChI=1S/C17H20N4O4S/c1-21-15-5-4-14(9-12(15)10-17(21)22)26(23,24)20-13-3-6-16(19-11-13)18-7-8-25-2/h3-6,9,11,20H,7-8,10H2,1-2H3,(H,18,19). The molecule has 2 N–H and O–H groups in total. The molecule has 9 heteroatoms. The van der Waals surface area contributed by atoms with Crippen molar-refractivity contribution in [3.05, 3.63) is 42.1 Å². The van der Waals surface area contributed by atoms with Crippen molar-refractivity contribution in [2.45, 2.75) is 11.3 Å². The smallest absolute Gasteiger partial charge is 0.261 e. The van der Waals surface area contributed by atoms with Crippen LogP contribution in [0.2, 0.25) is 0 Å². The van der Waals surface area contributed by atoms with Gasteiger partial charge in [0.05, 0.1) is 29.8 Å². The Morgan fingerprint density at radius 3 is 2.77 bits per heavy atom. The van der Waals surface area contributed by atoms with Gasteiger partial charge in [0, 0.05) is 26.4 Å². The van der Waals surface area contributed by atoms with Gasteiger partial charge in [0.15, 0.2) is 0 Å². The van der Waals surface area contributed by atoms with E-state index in [9.17, 15) is 13.2 Å². The first-order valence-electron chi connectivity index (χ1n) is 8.02. The first-order chi connectivity index (χ1) is 12.4. The average molecular weight is 376 g/mol. The molecule has 2 heterocycles. The molecule has 26 heavy (non-hydrogen) atoms. The fraction of sp³-hybridized carbons (Fsp3) is 0.294. The van der Waals surface area contributed by atoms with Gasteiger partial charge < -0.3 is 15.0 Å². The van der Waals surface area contributed by atoms with Crippen LogP contribution in [-0.4, -0.2) is 46.6 Å². The van der Waals surface area contributed by atoms with Crippen LogP contribution in [0, 0.1) is 0 Å². The molecule has 1 aromatic carbocycles. The van der Waals surface area contributed by atoms with Crippen molar-refractivity contribution in [3.8, 4) is 0 Å². The SMILES string of the molecule is COCCNc1ccc(NS(=O)(=O)c2ccc3c(c2)CC(=O)N3C)cn1. The lowest BCUT2D eigenvalue weighted by Crippen LogP contribution is -2.20. The van der Waals surface area contributed by atoms with E-state index in [1.54, 1.807) is 32.4 Å². The minimum Gasteiger partial charge on any atom is -0.383 e. The Bertz CT molecular complexity index is 913. The molecule has 0 fully saturated rings. The Morgan fingerprint density at radius 1 is 1.27 bits per heavy atom. The minimum absolute atomic E-state index is 0.0525. The molecule has 8 nitrogen and oxygen atoms in total. The highest BCUT2D eigenvalue weighted by molar-refractivity contribution is 7.92. The van der Waals surface area contributed by atoms with Crippen molar-refractivity contribution in [3.63, 3.8) is 0 Å². The van der Waals surface area contributed by atoms with E-state index >= 15 is 0 Å². The van der Waals surface area contributed by atoms with Gasteiger partial charge in [-0.25, -0.2) is 13.4 Å². The molecule has 0 radical (unpaired) electrons. The third kappa shape index (κ3) is 3.78. The van der Waals surface area contributed by atoms with Gasteiger partial charge in [0.25, 0.3) is 10.0 Å². The minimum atomic E-state index is -3.76. The molecular formula is C17H20N4O4S. The molecule has 0 unspecified atom stereocenters. The van der Waals surface area contributed by atoms with E-state index in [-0.39, 0.29) is 17.2 Å². The van der Waals surface area contributed by atoms with E-state index in [2.05, 4.69) is 15.0 Å². The van der Waals surface area contributed by atoms with E-state index in [1.165, 1.54) is 23.2 Å². The van der Waals surface area contributed by atoms with Crippen molar-refractivity contribution in [2.24, 2.45) is 0 Å². The Kier molecular flexibility index (Phi) is 5.10. The van der Waals surface area contributed by atoms with Gasteiger partial charge in [0.2, 0.25) is 5.91 Å². The molecule has 0 spiro atoms. The quantitative estimate of drug-likeness (QED) is 0.710. The molecule has 0 bridgehead atoms. The van der Waals surface area contributed by atoms with Crippen molar-refractivity contribution >= 4 is 33.1 Å². The number of pyridine rings is 1. The number of amides is 1. The van der Waals surface area contributed by atoms with Crippen LogP contribution in [-0.2, 0) is 26.0 Å². The van der Waals surface area contributed by atoms with Crippen LogP contribution >= 0.6 is 0 Å². The Morgan fingerprint density at radius 2 is 2.08 bits per heavy atom. The summed E-state index contributed by atoms with van der Waals surface area (Å²) in [6.07, 6.45) is 1.65. The zero-order valence-corrected chi connectivity index (χ0v) is 15.3. The summed E-state index contributed by atoms with van der Waals surface area (Å²) in [7, 11) is -0.478. The fourth-order valence-corrected chi connectivity index (χ4v) is 3.76. The van der Waals surface area contributed by atoms with Gasteiger partial charge in [0.1, 0.15) is 5.82 Å². The maximum atomic E-state index is 12.6. The summed E-state index contributed by atoms with van der Waals surface area (Å²) < 4.78 is 32.6. The number of rotatable bonds is 7. The average Bonchev–Trinajstić information content (AvgIpc) is 2.90. The second-order valence-electron chi connectivity index (χ2n) is 5.88. The second kappa shape index (κ2) is 7.30. The molecule has 0 saturated carbocycles. The molecule has 3 rings (SSSR count). The van der Waals surface area contributed by atoms with Crippen molar-refractivity contribution in [2.75, 3.05) is 42.2 Å². The summed E-state index contributed by atoms with van der Waals surface area (Å²) in [5, 5.41) is 3.05. The van der Waals surface area contributed by atoms with Gasteiger partial charge in [-0.1, -0.05) is 0 Å². The monoisotopic (exact) mass is 376 g/mol. The van der Waals surface area contributed by atoms with Gasteiger partial charge in [-0.3, -0.25) is 9.52 Å². The summed E-state index contributed by atoms with van der Waals surface area (Å²) >= 11 is 0. The number of aromatic nitrogens is 1. The Hall–Kier alpha value is -2.65. The van der Waals surface area contributed by atoms with Crippen LogP contribution in [0.1, 0.15) is 5.56 Å². The summed E-state index contributed by atoms with van der Waals surface area (Å²) in [5.41, 5.74) is 1.80. The second-order valence-corrected chi connectivity index (χ2v) is 7.56. The molecule has 2 aromatic rings. The van der Waals surface area contributed by atoms with E-state index in [0.29, 0.717) is 30.2 Å². The van der Waals surface area contributed by atoms with E-state index in [0.717, 1.165) is 5.69 Å². The number of fused-ring (bicyclic) bond motifs is 1. The zero-order valence-electron chi connectivity index (χ0n) is 14.5. The molecule has 138 valence electrons. The molecule has 1 aliphatic heterocycles. The molecule has 0 saturated heterocycles. The Balaban J connectivity index is 1.73. The normalized spacial score (nSPS) is 13.6. The number of carbonyl (C=O) groups excluding carboxylic acids is 1. The molecule has 1 amide bonds. The molecular weight excluding hydrogens is 356 g/mol. The maximum Gasteiger partial charge on any atom is 0.261 e. The lowest BCUT2D eigenvalue weighted by molar-refractivity contribution is -0.117. The van der Waals surface area contributed by atoms with E-state index in [4.69, 9.17) is 4.74 Å². The lowest BCUT2D eigenvalue weighted by Gasteiger charge is -2.12. The topological polar surface area (TPSA) is 101 Å². The van der Waals surface area contributed by atoms with Crippen LogP contribution < -0.4 is 14.9 Å². The summed E-state index contributed by atoms with van der Waals surface area (Å²) in [4.78, 5) is 17.5. The van der Waals surface area contributed by atoms with Gasteiger partial charge in [-0.2, -0.15) is 0 Å². The predicted molar refractivity (Wildman–Crippen MR) is 99.0 cm³/mol. The molecule has 0 aliphatic carbocycles. The van der Waals surface area contributed by atoms with Crippen LogP contribution in [0.3, 0.4) is 0 Å². The van der Waals surface area contributed by atoms with Crippen molar-refractivity contribution < 1.29 is 17.9 Å². The number of benzene rings is 1. The van der Waals surface area contributed by atoms with Crippen molar-refractivity contribution in [1.29, 1.82) is 0 Å². The number of nitrogens with one attached hydrogen (secondary N) is 2. The van der Waals surface area contributed by atoms with E-state index in [1.807, 2.05) is 0 Å². The van der Waals surface area contributed by atoms with Crippen LogP contribution in [0.4, 0.5) is 17.2 Å². The van der Waals surface area contributed by atoms with Crippen LogP contribution in [0.5, 0.6) is 0 Å². The number of ether oxygens (including phenoxy) is 1. The summed E-state index contributed by atoms with van der Waals surface area (Å²) in [6, 6.07) is 7.99. The van der Waals surface area contributed by atoms with Crippen molar-refractivity contribution in [1.82, 2.24) is 4.98 Å². The lowest BCUT2D eigenvalue weighted by atomic mass is 10.2. The number of methoxy groups -OCH3 is 1. The highest BCUT2D eigenvalue weighted by Gasteiger charge is 2.26. The summed E-state index contributed by atoms with van der Waals surface area (Å²) in [5.74, 6) is 0.576.